The molecule has 2 aromatic carbocycles. The van der Waals surface area contributed by atoms with E-state index >= 15 is 0 Å². The Bertz CT molecular complexity index is 929. The summed E-state index contributed by atoms with van der Waals surface area (Å²) in [5.74, 6) is -0.971. The van der Waals surface area contributed by atoms with Crippen LogP contribution in [-0.4, -0.2) is 35.0 Å². The molecule has 3 amide bonds. The Hall–Kier alpha value is -2.45. The van der Waals surface area contributed by atoms with Gasteiger partial charge in [-0.15, -0.1) is 0 Å². The molecule has 1 aliphatic rings. The van der Waals surface area contributed by atoms with Gasteiger partial charge in [0, 0.05) is 17.6 Å². The summed E-state index contributed by atoms with van der Waals surface area (Å²) in [5, 5.41) is 2.33. The van der Waals surface area contributed by atoms with Crippen LogP contribution in [0.5, 0.6) is 0 Å². The van der Waals surface area contributed by atoms with Gasteiger partial charge >= 0.3 is 0 Å². The zero-order valence-electron chi connectivity index (χ0n) is 14.7. The van der Waals surface area contributed by atoms with Gasteiger partial charge < -0.3 is 5.32 Å². The van der Waals surface area contributed by atoms with E-state index in [1.54, 1.807) is 6.08 Å². The second kappa shape index (κ2) is 9.16. The smallest absolute Gasteiger partial charge is 0.293 e. The molecule has 1 fully saturated rings. The minimum absolute atomic E-state index is 0.0947. The van der Waals surface area contributed by atoms with Crippen LogP contribution >= 0.6 is 27.7 Å². The largest absolute Gasteiger partial charge is 0.354 e. The Kier molecular flexibility index (Phi) is 6.64. The molecule has 0 aromatic heterocycles. The number of hydrogen-bond acceptors (Lipinski definition) is 4. The van der Waals surface area contributed by atoms with Gasteiger partial charge in [0.2, 0.25) is 5.91 Å². The van der Waals surface area contributed by atoms with Crippen LogP contribution in [0.1, 0.15) is 11.1 Å². The van der Waals surface area contributed by atoms with E-state index in [2.05, 4.69) is 21.2 Å². The highest BCUT2D eigenvalue weighted by Gasteiger charge is 2.34. The van der Waals surface area contributed by atoms with Gasteiger partial charge in [0.25, 0.3) is 11.1 Å². The van der Waals surface area contributed by atoms with Crippen molar-refractivity contribution >= 4 is 50.8 Å². The Morgan fingerprint density at radius 1 is 1.11 bits per heavy atom. The topological polar surface area (TPSA) is 66.5 Å². The Morgan fingerprint density at radius 3 is 2.46 bits per heavy atom. The first-order valence-corrected chi connectivity index (χ1v) is 10.1. The van der Waals surface area contributed by atoms with Crippen LogP contribution in [0, 0.1) is 5.82 Å². The van der Waals surface area contributed by atoms with Gasteiger partial charge in [-0.05, 0) is 53.2 Å². The molecule has 0 unspecified atom stereocenters. The normalized spacial score (nSPS) is 15.4. The van der Waals surface area contributed by atoms with Gasteiger partial charge in [-0.1, -0.05) is 40.2 Å². The Morgan fingerprint density at radius 2 is 1.79 bits per heavy atom. The van der Waals surface area contributed by atoms with Gasteiger partial charge in [-0.2, -0.15) is 0 Å². The van der Waals surface area contributed by atoms with Crippen molar-refractivity contribution in [2.45, 2.75) is 6.42 Å². The highest BCUT2D eigenvalue weighted by Crippen LogP contribution is 2.31. The number of amides is 3. The van der Waals surface area contributed by atoms with Crippen molar-refractivity contribution in [2.24, 2.45) is 0 Å². The van der Waals surface area contributed by atoms with E-state index < -0.39 is 5.91 Å². The standard InChI is InChI=1S/C20H16BrFN2O3S/c21-15-5-1-14(2-6-15)12-18(25)23-9-10-24-19(26)17(28-20(24)27)11-13-3-7-16(22)8-4-13/h1-8,11H,9-10,12H2,(H,23,25)/b17-11-. The SMILES string of the molecule is O=C(Cc1ccc(Br)cc1)NCCN1C(=O)S/C(=C\c2ccc(F)cc2)C1=O. The molecular formula is C20H16BrFN2O3S. The van der Waals surface area contributed by atoms with Crippen LogP contribution in [0.25, 0.3) is 6.08 Å². The molecule has 0 radical (unpaired) electrons. The highest BCUT2D eigenvalue weighted by atomic mass is 79.9. The lowest BCUT2D eigenvalue weighted by atomic mass is 10.1. The molecule has 1 saturated heterocycles. The quantitative estimate of drug-likeness (QED) is 0.659. The fraction of sp³-hybridized carbons (Fsp3) is 0.150. The maximum absolute atomic E-state index is 13.0. The minimum Gasteiger partial charge on any atom is -0.354 e. The highest BCUT2D eigenvalue weighted by molar-refractivity contribution is 9.10. The molecule has 5 nitrogen and oxygen atoms in total. The zero-order chi connectivity index (χ0) is 20.1. The maximum atomic E-state index is 13.0. The first kappa shape index (κ1) is 20.3. The van der Waals surface area contributed by atoms with Crippen molar-refractivity contribution in [1.82, 2.24) is 10.2 Å². The van der Waals surface area contributed by atoms with Crippen molar-refractivity contribution in [3.63, 3.8) is 0 Å². The molecule has 3 rings (SSSR count). The van der Waals surface area contributed by atoms with Crippen molar-refractivity contribution < 1.29 is 18.8 Å². The predicted octanol–water partition coefficient (Wildman–Crippen LogP) is 3.98. The van der Waals surface area contributed by atoms with Crippen LogP contribution in [0.3, 0.4) is 0 Å². The average molecular weight is 463 g/mol. The third-order valence-corrected chi connectivity index (χ3v) is 5.41. The molecule has 0 spiro atoms. The van der Waals surface area contributed by atoms with Gasteiger partial charge in [0.15, 0.2) is 0 Å². The van der Waals surface area contributed by atoms with Gasteiger partial charge in [-0.3, -0.25) is 19.3 Å². The molecule has 8 heteroatoms. The van der Waals surface area contributed by atoms with Crippen molar-refractivity contribution in [2.75, 3.05) is 13.1 Å². The molecule has 2 aromatic rings. The molecule has 1 heterocycles. The van der Waals surface area contributed by atoms with E-state index in [1.165, 1.54) is 24.3 Å². The summed E-state index contributed by atoms with van der Waals surface area (Å²) in [6.45, 7) is 0.273. The number of imide groups is 1. The van der Waals surface area contributed by atoms with Crippen LogP contribution < -0.4 is 5.32 Å². The summed E-state index contributed by atoms with van der Waals surface area (Å²) in [5.41, 5.74) is 1.50. The fourth-order valence-electron chi connectivity index (χ4n) is 2.56. The third-order valence-electron chi connectivity index (χ3n) is 3.98. The minimum atomic E-state index is -0.415. The molecule has 0 saturated carbocycles. The number of carbonyl (C=O) groups excluding carboxylic acids is 3. The summed E-state index contributed by atoms with van der Waals surface area (Å²) in [6, 6.07) is 13.1. The van der Waals surface area contributed by atoms with Crippen molar-refractivity contribution in [3.8, 4) is 0 Å². The number of hydrogen-bond donors (Lipinski definition) is 1. The molecule has 0 bridgehead atoms. The van der Waals surface area contributed by atoms with E-state index in [-0.39, 0.29) is 41.4 Å². The van der Waals surface area contributed by atoms with Crippen LogP contribution in [0.15, 0.2) is 57.9 Å². The van der Waals surface area contributed by atoms with Gasteiger partial charge in [0.1, 0.15) is 5.82 Å². The third kappa shape index (κ3) is 5.30. The number of nitrogens with zero attached hydrogens (tertiary/aromatic N) is 1. The second-order valence-corrected chi connectivity index (χ2v) is 7.95. The van der Waals surface area contributed by atoms with Crippen LogP contribution in [-0.2, 0) is 16.0 Å². The molecule has 144 valence electrons. The Labute approximate surface area is 174 Å². The summed E-state index contributed by atoms with van der Waals surface area (Å²) >= 11 is 4.17. The summed E-state index contributed by atoms with van der Waals surface area (Å²) in [4.78, 5) is 37.9. The van der Waals surface area contributed by atoms with E-state index in [9.17, 15) is 18.8 Å². The molecule has 28 heavy (non-hydrogen) atoms. The van der Waals surface area contributed by atoms with Crippen LogP contribution in [0.4, 0.5) is 9.18 Å². The first-order valence-electron chi connectivity index (χ1n) is 8.44. The molecule has 1 aliphatic heterocycles. The Balaban J connectivity index is 1.52. The summed E-state index contributed by atoms with van der Waals surface area (Å²) in [6.07, 6.45) is 1.77. The zero-order valence-corrected chi connectivity index (χ0v) is 17.1. The first-order chi connectivity index (χ1) is 13.4. The van der Waals surface area contributed by atoms with Gasteiger partial charge in [0.05, 0.1) is 11.3 Å². The van der Waals surface area contributed by atoms with E-state index in [0.29, 0.717) is 5.56 Å². The number of benzene rings is 2. The molecule has 1 N–H and O–H groups in total. The maximum Gasteiger partial charge on any atom is 0.293 e. The summed E-state index contributed by atoms with van der Waals surface area (Å²) < 4.78 is 13.9. The van der Waals surface area contributed by atoms with Crippen LogP contribution in [0.2, 0.25) is 0 Å². The van der Waals surface area contributed by atoms with Crippen molar-refractivity contribution in [1.29, 1.82) is 0 Å². The summed E-state index contributed by atoms with van der Waals surface area (Å²) in [7, 11) is 0. The van der Waals surface area contributed by atoms with E-state index in [0.717, 1.165) is 26.7 Å². The average Bonchev–Trinajstić information content (AvgIpc) is 2.93. The lowest BCUT2D eigenvalue weighted by molar-refractivity contribution is -0.124. The number of nitrogens with one attached hydrogen (secondary N) is 1. The van der Waals surface area contributed by atoms with E-state index in [1.807, 2.05) is 24.3 Å². The van der Waals surface area contributed by atoms with Crippen molar-refractivity contribution in [3.05, 3.63) is 74.9 Å². The lowest BCUT2D eigenvalue weighted by Crippen LogP contribution is -2.37. The lowest BCUT2D eigenvalue weighted by Gasteiger charge is -2.13. The number of thioether (sulfide) groups is 1. The molecule has 0 atom stereocenters. The number of halogens is 2. The second-order valence-electron chi connectivity index (χ2n) is 6.04. The fourth-order valence-corrected chi connectivity index (χ4v) is 3.69. The van der Waals surface area contributed by atoms with E-state index in [4.69, 9.17) is 0 Å². The monoisotopic (exact) mass is 462 g/mol. The number of carbonyl (C=O) groups is 3. The number of rotatable bonds is 6. The molecular weight excluding hydrogens is 447 g/mol. The van der Waals surface area contributed by atoms with Gasteiger partial charge in [-0.25, -0.2) is 4.39 Å². The molecule has 0 aliphatic carbocycles. The predicted molar refractivity (Wildman–Crippen MR) is 110 cm³/mol.